The van der Waals surface area contributed by atoms with Gasteiger partial charge in [-0.15, -0.1) is 0 Å². The van der Waals surface area contributed by atoms with Crippen LogP contribution < -0.4 is 10.5 Å². The molecule has 3 aromatic rings. The van der Waals surface area contributed by atoms with Crippen LogP contribution in [0.1, 0.15) is 36.2 Å². The van der Waals surface area contributed by atoms with E-state index in [-0.39, 0.29) is 12.1 Å². The standard InChI is InChI=1S/C23H26ClN3O3/c1-2-29-23(28)27-12-10-18-19-14-16(24)6-9-20(19)26-21(18)22(27)15-4-7-17(8-5-15)30-13-3-11-25/h4-9,14,22,26H,2-3,10-13,25H2,1H3. The minimum atomic E-state index is -0.312. The number of benzene rings is 2. The Morgan fingerprint density at radius 2 is 2.07 bits per heavy atom. The maximum atomic E-state index is 12.7. The molecule has 1 aromatic heterocycles. The largest absolute Gasteiger partial charge is 0.494 e. The first-order valence-electron chi connectivity index (χ1n) is 10.3. The molecule has 0 bridgehead atoms. The van der Waals surface area contributed by atoms with Crippen LogP contribution in [0.2, 0.25) is 5.02 Å². The molecule has 158 valence electrons. The molecule has 0 aliphatic carbocycles. The van der Waals surface area contributed by atoms with Gasteiger partial charge in [-0.3, -0.25) is 4.90 Å². The van der Waals surface area contributed by atoms with Gasteiger partial charge in [-0.25, -0.2) is 4.79 Å². The molecule has 4 rings (SSSR count). The summed E-state index contributed by atoms with van der Waals surface area (Å²) in [6.45, 7) is 3.92. The first-order chi connectivity index (χ1) is 14.6. The summed E-state index contributed by atoms with van der Waals surface area (Å²) in [6, 6.07) is 13.4. The lowest BCUT2D eigenvalue weighted by molar-refractivity contribution is 0.0932. The maximum Gasteiger partial charge on any atom is 0.410 e. The molecule has 0 spiro atoms. The van der Waals surface area contributed by atoms with Crippen molar-refractivity contribution in [3.05, 3.63) is 64.3 Å². The number of carbonyl (C=O) groups is 1. The van der Waals surface area contributed by atoms with Crippen LogP contribution in [0.5, 0.6) is 5.75 Å². The van der Waals surface area contributed by atoms with Crippen LogP contribution in [0, 0.1) is 0 Å². The summed E-state index contributed by atoms with van der Waals surface area (Å²) in [5.74, 6) is 0.786. The van der Waals surface area contributed by atoms with Gasteiger partial charge in [0.1, 0.15) is 11.8 Å². The quantitative estimate of drug-likeness (QED) is 0.561. The lowest BCUT2D eigenvalue weighted by atomic mass is 9.92. The summed E-state index contributed by atoms with van der Waals surface area (Å²) < 4.78 is 11.1. The lowest BCUT2D eigenvalue weighted by Crippen LogP contribution is -2.40. The number of nitrogens with two attached hydrogens (primary N) is 1. The molecular formula is C23H26ClN3O3. The average molecular weight is 428 g/mol. The molecule has 3 N–H and O–H groups in total. The first kappa shape index (κ1) is 20.6. The summed E-state index contributed by atoms with van der Waals surface area (Å²) in [5, 5.41) is 1.81. The van der Waals surface area contributed by atoms with Crippen molar-refractivity contribution in [3.63, 3.8) is 0 Å². The van der Waals surface area contributed by atoms with E-state index in [0.717, 1.165) is 40.8 Å². The number of hydrogen-bond acceptors (Lipinski definition) is 4. The van der Waals surface area contributed by atoms with Gasteiger partial charge in [-0.1, -0.05) is 23.7 Å². The van der Waals surface area contributed by atoms with Gasteiger partial charge >= 0.3 is 6.09 Å². The highest BCUT2D eigenvalue weighted by Gasteiger charge is 2.35. The molecule has 0 saturated heterocycles. The summed E-state index contributed by atoms with van der Waals surface area (Å²) in [7, 11) is 0. The van der Waals surface area contributed by atoms with Gasteiger partial charge in [0.2, 0.25) is 0 Å². The average Bonchev–Trinajstić information content (AvgIpc) is 3.12. The van der Waals surface area contributed by atoms with Gasteiger partial charge in [0.05, 0.1) is 13.2 Å². The Bertz CT molecular complexity index is 1030. The Morgan fingerprint density at radius 1 is 1.27 bits per heavy atom. The van der Waals surface area contributed by atoms with Crippen LogP contribution in [0.15, 0.2) is 42.5 Å². The highest BCUT2D eigenvalue weighted by molar-refractivity contribution is 6.31. The number of H-pyrrole nitrogens is 1. The van der Waals surface area contributed by atoms with Crippen molar-refractivity contribution in [1.29, 1.82) is 0 Å². The molecule has 1 amide bonds. The van der Waals surface area contributed by atoms with Crippen LogP contribution in [-0.4, -0.2) is 42.3 Å². The molecule has 7 heteroatoms. The third-order valence-corrected chi connectivity index (χ3v) is 5.64. The number of hydrogen-bond donors (Lipinski definition) is 2. The second kappa shape index (κ2) is 8.98. The number of nitrogens with one attached hydrogen (secondary N) is 1. The van der Waals surface area contributed by atoms with E-state index in [1.165, 1.54) is 5.56 Å². The summed E-state index contributed by atoms with van der Waals surface area (Å²) in [6.07, 6.45) is 1.24. The zero-order chi connectivity index (χ0) is 21.1. The molecule has 2 aromatic carbocycles. The monoisotopic (exact) mass is 427 g/mol. The molecule has 0 saturated carbocycles. The van der Waals surface area contributed by atoms with Gasteiger partial charge in [-0.2, -0.15) is 0 Å². The molecule has 6 nitrogen and oxygen atoms in total. The summed E-state index contributed by atoms with van der Waals surface area (Å²) >= 11 is 6.24. The van der Waals surface area contributed by atoms with Gasteiger partial charge in [0.15, 0.2) is 0 Å². The summed E-state index contributed by atoms with van der Waals surface area (Å²) in [5.41, 5.74) is 9.74. The second-order valence-electron chi connectivity index (χ2n) is 7.31. The van der Waals surface area contributed by atoms with E-state index in [4.69, 9.17) is 26.8 Å². The fourth-order valence-corrected chi connectivity index (χ4v) is 4.20. The molecular weight excluding hydrogens is 402 g/mol. The number of aromatic amines is 1. The third kappa shape index (κ3) is 3.98. The molecule has 1 unspecified atom stereocenters. The number of halogens is 1. The number of carbonyl (C=O) groups excluding carboxylic acids is 1. The Kier molecular flexibility index (Phi) is 6.16. The van der Waals surface area contributed by atoms with Crippen molar-refractivity contribution in [2.75, 3.05) is 26.3 Å². The van der Waals surface area contributed by atoms with Crippen molar-refractivity contribution >= 4 is 28.6 Å². The van der Waals surface area contributed by atoms with Crippen LogP contribution in [0.4, 0.5) is 4.79 Å². The summed E-state index contributed by atoms with van der Waals surface area (Å²) in [4.78, 5) is 18.0. The van der Waals surface area contributed by atoms with Crippen LogP contribution in [0.3, 0.4) is 0 Å². The minimum absolute atomic E-state index is 0.267. The van der Waals surface area contributed by atoms with E-state index in [9.17, 15) is 4.79 Å². The number of amides is 1. The van der Waals surface area contributed by atoms with E-state index in [2.05, 4.69) is 4.98 Å². The van der Waals surface area contributed by atoms with E-state index < -0.39 is 0 Å². The smallest absolute Gasteiger partial charge is 0.410 e. The number of fused-ring (bicyclic) bond motifs is 3. The van der Waals surface area contributed by atoms with E-state index in [0.29, 0.717) is 31.3 Å². The molecule has 1 atom stereocenters. The third-order valence-electron chi connectivity index (χ3n) is 5.40. The zero-order valence-corrected chi connectivity index (χ0v) is 17.7. The van der Waals surface area contributed by atoms with E-state index in [1.807, 2.05) is 49.4 Å². The Hall–Kier alpha value is -2.70. The van der Waals surface area contributed by atoms with Gasteiger partial charge in [0.25, 0.3) is 0 Å². The topological polar surface area (TPSA) is 80.6 Å². The van der Waals surface area contributed by atoms with Crippen molar-refractivity contribution in [2.45, 2.75) is 25.8 Å². The maximum absolute atomic E-state index is 12.7. The van der Waals surface area contributed by atoms with Crippen LogP contribution >= 0.6 is 11.6 Å². The normalized spacial score (nSPS) is 15.8. The molecule has 0 radical (unpaired) electrons. The van der Waals surface area contributed by atoms with Crippen molar-refractivity contribution in [3.8, 4) is 5.75 Å². The van der Waals surface area contributed by atoms with E-state index >= 15 is 0 Å². The number of nitrogens with zero attached hydrogens (tertiary/aromatic N) is 1. The lowest BCUT2D eigenvalue weighted by Gasteiger charge is -2.35. The SMILES string of the molecule is CCOC(=O)N1CCc2c([nH]c3ccc(Cl)cc23)C1c1ccc(OCCCN)cc1. The first-order valence-corrected chi connectivity index (χ1v) is 10.7. The molecule has 2 heterocycles. The van der Waals surface area contributed by atoms with Crippen molar-refractivity contribution in [1.82, 2.24) is 9.88 Å². The molecule has 1 aliphatic rings. The Balaban J connectivity index is 1.73. The molecule has 0 fully saturated rings. The zero-order valence-electron chi connectivity index (χ0n) is 17.0. The molecule has 30 heavy (non-hydrogen) atoms. The Morgan fingerprint density at radius 3 is 2.80 bits per heavy atom. The van der Waals surface area contributed by atoms with Crippen molar-refractivity contribution in [2.24, 2.45) is 5.73 Å². The fraction of sp³-hybridized carbons (Fsp3) is 0.348. The second-order valence-corrected chi connectivity index (χ2v) is 7.75. The number of ether oxygens (including phenoxy) is 2. The molecule has 1 aliphatic heterocycles. The number of rotatable bonds is 6. The Labute approximate surface area is 180 Å². The predicted molar refractivity (Wildman–Crippen MR) is 118 cm³/mol. The fourth-order valence-electron chi connectivity index (χ4n) is 4.03. The highest BCUT2D eigenvalue weighted by Crippen LogP contribution is 2.39. The minimum Gasteiger partial charge on any atom is -0.494 e. The number of aromatic nitrogens is 1. The highest BCUT2D eigenvalue weighted by atomic mass is 35.5. The van der Waals surface area contributed by atoms with E-state index in [1.54, 1.807) is 4.90 Å². The van der Waals surface area contributed by atoms with Gasteiger partial charge in [0, 0.05) is 28.2 Å². The van der Waals surface area contributed by atoms with Crippen LogP contribution in [-0.2, 0) is 11.2 Å². The van der Waals surface area contributed by atoms with Crippen LogP contribution in [0.25, 0.3) is 10.9 Å². The van der Waals surface area contributed by atoms with Crippen molar-refractivity contribution < 1.29 is 14.3 Å². The van der Waals surface area contributed by atoms with Gasteiger partial charge < -0.3 is 20.2 Å². The predicted octanol–water partition coefficient (Wildman–Crippen LogP) is 4.65. The van der Waals surface area contributed by atoms with Gasteiger partial charge in [-0.05, 0) is 67.8 Å².